The van der Waals surface area contributed by atoms with Crippen molar-refractivity contribution in [2.75, 3.05) is 13.1 Å². The van der Waals surface area contributed by atoms with E-state index >= 15 is 4.39 Å². The van der Waals surface area contributed by atoms with E-state index in [9.17, 15) is 14.7 Å². The molecule has 6 atom stereocenters. The number of benzene rings is 2. The second kappa shape index (κ2) is 11.8. The average Bonchev–Trinajstić information content (AvgIpc) is 3.23. The number of phenols is 1. The number of phenolic OH excluding ortho intramolecular Hbond substituents is 1. The lowest BCUT2D eigenvalue weighted by Crippen LogP contribution is -2.50. The van der Waals surface area contributed by atoms with Crippen LogP contribution in [-0.2, 0) is 11.2 Å². The topological polar surface area (TPSA) is 57.6 Å². The van der Waals surface area contributed by atoms with Gasteiger partial charge in [0.05, 0.1) is 0 Å². The number of halogens is 1. The molecule has 4 nitrogen and oxygen atoms in total. The van der Waals surface area contributed by atoms with Gasteiger partial charge in [-0.25, -0.2) is 4.39 Å². The fourth-order valence-electron chi connectivity index (χ4n) is 8.17. The van der Waals surface area contributed by atoms with Gasteiger partial charge >= 0.3 is 0 Å². The highest BCUT2D eigenvalue weighted by atomic mass is 19.1. The molecule has 2 aromatic carbocycles. The molecule has 1 amide bonds. The molecule has 2 saturated carbocycles. The van der Waals surface area contributed by atoms with Crippen LogP contribution in [0.15, 0.2) is 48.5 Å². The van der Waals surface area contributed by atoms with Crippen LogP contribution in [0.2, 0.25) is 0 Å². The third kappa shape index (κ3) is 5.51. The maximum Gasteiger partial charge on any atom is 0.253 e. The molecule has 5 heteroatoms. The van der Waals surface area contributed by atoms with E-state index in [1.807, 2.05) is 54.3 Å². The van der Waals surface area contributed by atoms with Gasteiger partial charge in [-0.2, -0.15) is 0 Å². The molecular formula is C34H44FNO3. The fourth-order valence-corrected chi connectivity index (χ4v) is 8.17. The Hall–Kier alpha value is -2.69. The summed E-state index contributed by atoms with van der Waals surface area (Å²) in [6.45, 7) is 5.69. The van der Waals surface area contributed by atoms with Crippen LogP contribution in [0.4, 0.5) is 4.39 Å². The number of unbranched alkanes of at least 4 members (excludes halogenated alkanes) is 3. The summed E-state index contributed by atoms with van der Waals surface area (Å²) in [5, 5.41) is 10.2. The second-order valence-electron chi connectivity index (χ2n) is 12.5. The summed E-state index contributed by atoms with van der Waals surface area (Å²) in [6.07, 6.45) is 7.59. The second-order valence-corrected chi connectivity index (χ2v) is 12.5. The molecule has 5 unspecified atom stereocenters. The number of amides is 1. The first-order chi connectivity index (χ1) is 18.8. The number of aromatic hydroxyl groups is 1. The van der Waals surface area contributed by atoms with Crippen molar-refractivity contribution < 1.29 is 19.1 Å². The lowest BCUT2D eigenvalue weighted by atomic mass is 9.51. The minimum Gasteiger partial charge on any atom is -0.508 e. The molecule has 3 aliphatic rings. The summed E-state index contributed by atoms with van der Waals surface area (Å²) < 4.78 is 16.0. The minimum atomic E-state index is -1.04. The Balaban J connectivity index is 1.31. The molecule has 0 bridgehead atoms. The highest BCUT2D eigenvalue weighted by molar-refractivity contribution is 5.94. The number of carbonyl (C=O) groups is 2. The average molecular weight is 534 g/mol. The number of nitrogens with zero attached hydrogens (tertiary/aromatic N) is 1. The number of fused-ring (bicyclic) bond motifs is 5. The lowest BCUT2D eigenvalue weighted by molar-refractivity contribution is -0.132. The van der Waals surface area contributed by atoms with Gasteiger partial charge in [-0.3, -0.25) is 9.59 Å². The van der Waals surface area contributed by atoms with Gasteiger partial charge in [0.2, 0.25) is 0 Å². The molecule has 0 heterocycles. The number of alkyl halides is 1. The van der Waals surface area contributed by atoms with Gasteiger partial charge in [0.25, 0.3) is 5.91 Å². The highest BCUT2D eigenvalue weighted by Gasteiger charge is 2.60. The van der Waals surface area contributed by atoms with E-state index in [0.717, 1.165) is 81.1 Å². The minimum absolute atomic E-state index is 0.0987. The van der Waals surface area contributed by atoms with E-state index in [1.54, 1.807) is 6.07 Å². The monoisotopic (exact) mass is 533 g/mol. The summed E-state index contributed by atoms with van der Waals surface area (Å²) in [5.74, 6) is 1.02. The molecule has 2 fully saturated rings. The first kappa shape index (κ1) is 27.9. The lowest BCUT2D eigenvalue weighted by Gasteiger charge is -2.53. The van der Waals surface area contributed by atoms with E-state index in [4.69, 9.17) is 0 Å². The maximum absolute atomic E-state index is 16.0. The first-order valence-corrected chi connectivity index (χ1v) is 15.2. The number of hydrogen-bond acceptors (Lipinski definition) is 3. The van der Waals surface area contributed by atoms with Crippen molar-refractivity contribution in [1.82, 2.24) is 4.90 Å². The van der Waals surface area contributed by atoms with E-state index in [1.165, 1.54) is 0 Å². The molecule has 0 aromatic heterocycles. The normalized spacial score (nSPS) is 29.4. The molecule has 210 valence electrons. The van der Waals surface area contributed by atoms with Crippen molar-refractivity contribution in [1.29, 1.82) is 0 Å². The Kier molecular flexibility index (Phi) is 8.44. The number of Topliss-reactive ketones (excluding diaryl/α,β-unsaturated/α-hetero) is 1. The molecule has 0 radical (unpaired) electrons. The summed E-state index contributed by atoms with van der Waals surface area (Å²) in [7, 11) is 0. The third-order valence-corrected chi connectivity index (χ3v) is 10.1. The Morgan fingerprint density at radius 2 is 1.82 bits per heavy atom. The van der Waals surface area contributed by atoms with E-state index in [2.05, 4.69) is 6.92 Å². The van der Waals surface area contributed by atoms with Crippen LogP contribution in [0, 0.1) is 23.2 Å². The van der Waals surface area contributed by atoms with Gasteiger partial charge in [0.1, 0.15) is 17.7 Å². The maximum atomic E-state index is 16.0. The van der Waals surface area contributed by atoms with Gasteiger partial charge in [-0.1, -0.05) is 57.4 Å². The van der Waals surface area contributed by atoms with E-state index < -0.39 is 11.6 Å². The Bertz CT molecular complexity index is 1170. The van der Waals surface area contributed by atoms with Crippen molar-refractivity contribution in [2.45, 2.75) is 90.1 Å². The van der Waals surface area contributed by atoms with Gasteiger partial charge in [-0.15, -0.1) is 0 Å². The zero-order chi connectivity index (χ0) is 27.6. The van der Waals surface area contributed by atoms with Gasteiger partial charge < -0.3 is 10.0 Å². The number of hydrogen-bond donors (Lipinski definition) is 1. The highest BCUT2D eigenvalue weighted by Crippen LogP contribution is 2.62. The number of rotatable bonds is 10. The summed E-state index contributed by atoms with van der Waals surface area (Å²) in [4.78, 5) is 28.2. The van der Waals surface area contributed by atoms with Gasteiger partial charge in [0.15, 0.2) is 0 Å². The third-order valence-electron chi connectivity index (χ3n) is 10.1. The molecule has 1 N–H and O–H groups in total. The predicted molar refractivity (Wildman–Crippen MR) is 153 cm³/mol. The van der Waals surface area contributed by atoms with Crippen molar-refractivity contribution in [3.63, 3.8) is 0 Å². The molecule has 3 aliphatic carbocycles. The van der Waals surface area contributed by atoms with Crippen LogP contribution in [0.3, 0.4) is 0 Å². The zero-order valence-corrected chi connectivity index (χ0v) is 23.6. The van der Waals surface area contributed by atoms with Crippen molar-refractivity contribution in [3.8, 4) is 5.75 Å². The van der Waals surface area contributed by atoms with Crippen molar-refractivity contribution >= 4 is 11.7 Å². The largest absolute Gasteiger partial charge is 0.508 e. The van der Waals surface area contributed by atoms with Crippen LogP contribution >= 0.6 is 0 Å². The predicted octanol–water partition coefficient (Wildman–Crippen LogP) is 7.49. The van der Waals surface area contributed by atoms with Crippen LogP contribution < -0.4 is 0 Å². The van der Waals surface area contributed by atoms with Crippen LogP contribution in [0.25, 0.3) is 0 Å². The first-order valence-electron chi connectivity index (χ1n) is 15.2. The summed E-state index contributed by atoms with van der Waals surface area (Å²) >= 11 is 0. The zero-order valence-electron chi connectivity index (χ0n) is 23.6. The number of ketones is 1. The van der Waals surface area contributed by atoms with Crippen LogP contribution in [-0.4, -0.2) is 41.0 Å². The fraction of sp³-hybridized carbons (Fsp3) is 0.588. The molecule has 39 heavy (non-hydrogen) atoms. The van der Waals surface area contributed by atoms with Crippen molar-refractivity contribution in [2.24, 2.45) is 23.2 Å². The summed E-state index contributed by atoms with van der Waals surface area (Å²) in [6, 6.07) is 15.0. The Labute approximate surface area is 233 Å². The van der Waals surface area contributed by atoms with Crippen LogP contribution in [0.5, 0.6) is 5.75 Å². The molecule has 2 aromatic rings. The SMILES string of the molecule is CCCCCN(CCCCC1Cc2cc(O)ccc2C2C(F)C[C@]3(C)C(=O)CCC3C12)C(=O)c1ccccc1. The Morgan fingerprint density at radius 3 is 2.56 bits per heavy atom. The van der Waals surface area contributed by atoms with Crippen LogP contribution in [0.1, 0.15) is 99.0 Å². The number of carbonyl (C=O) groups excluding carboxylic acids is 2. The van der Waals surface area contributed by atoms with E-state index in [0.29, 0.717) is 12.8 Å². The standard InChI is InChI=1S/C34H44FNO3/c1-3-4-9-18-36(33(39)23-11-6-5-7-12-23)19-10-8-13-24-20-25-21-26(37)14-15-27(25)32-29(35)22-34(2)28(31(24)32)16-17-30(34)38/h5-7,11-12,14-15,21,24,28-29,31-32,37H,3-4,8-10,13,16-20,22H2,1-2H3/t24?,28?,29?,31?,32?,34-/m0/s1. The van der Waals surface area contributed by atoms with E-state index in [-0.39, 0.29) is 41.1 Å². The molecular weight excluding hydrogens is 489 g/mol. The quantitative estimate of drug-likeness (QED) is 0.322. The Morgan fingerprint density at radius 1 is 1.08 bits per heavy atom. The molecule has 0 spiro atoms. The summed E-state index contributed by atoms with van der Waals surface area (Å²) in [5.41, 5.74) is 2.29. The van der Waals surface area contributed by atoms with Gasteiger partial charge in [-0.05, 0) is 91.7 Å². The molecule has 0 saturated heterocycles. The molecule has 5 rings (SSSR count). The van der Waals surface area contributed by atoms with Gasteiger partial charge in [0, 0.05) is 36.4 Å². The smallest absolute Gasteiger partial charge is 0.253 e. The molecule has 0 aliphatic heterocycles. The van der Waals surface area contributed by atoms with Crippen molar-refractivity contribution in [3.05, 3.63) is 65.2 Å².